The fraction of sp³-hybridized carbons (Fsp3) is 0.419. The number of nitrogens with one attached hydrogen (secondary N) is 1. The van der Waals surface area contributed by atoms with Gasteiger partial charge >= 0.3 is 6.01 Å². The molecule has 2 amide bonds. The highest BCUT2D eigenvalue weighted by Gasteiger charge is 2.20. The normalized spacial score (nSPS) is 10.9. The number of unbranched alkanes of at least 4 members (excludes halogenated alkanes) is 2. The van der Waals surface area contributed by atoms with Gasteiger partial charge in [-0.05, 0) is 48.2 Å². The summed E-state index contributed by atoms with van der Waals surface area (Å²) in [6.45, 7) is 11.6. The van der Waals surface area contributed by atoms with Crippen molar-refractivity contribution in [1.82, 2.24) is 14.9 Å². The number of nitrogens with two attached hydrogens (primary N) is 1. The molecule has 3 N–H and O–H groups in total. The van der Waals surface area contributed by atoms with Gasteiger partial charge in [0.25, 0.3) is 0 Å². The largest absolute Gasteiger partial charge is 0.463 e. The van der Waals surface area contributed by atoms with E-state index < -0.39 is 0 Å². The maximum absolute atomic E-state index is 12.2. The standard InChI is InChI=1S/C31H42N6O3/c1-5-8-18-36(7-3)20-24-10-14-26(15-11-24)27-16-12-25(13-17-27)21-37(22-38)30-28(33-23(4)39)29(32)34-31(35-30)40-19-9-6-2/h10-17,22H,5-9,18-21H2,1-4H3,(H,33,39)(H2,32,34,35). The van der Waals surface area contributed by atoms with Crippen LogP contribution in [0, 0.1) is 0 Å². The van der Waals surface area contributed by atoms with Gasteiger partial charge in [0.1, 0.15) is 5.69 Å². The van der Waals surface area contributed by atoms with Gasteiger partial charge in [-0.15, -0.1) is 0 Å². The summed E-state index contributed by atoms with van der Waals surface area (Å²) in [6, 6.07) is 16.8. The molecule has 0 fully saturated rings. The fourth-order valence-corrected chi connectivity index (χ4v) is 4.27. The van der Waals surface area contributed by atoms with Crippen molar-refractivity contribution in [2.75, 3.05) is 35.6 Å². The lowest BCUT2D eigenvalue weighted by atomic mass is 10.0. The van der Waals surface area contributed by atoms with Gasteiger partial charge in [0.05, 0.1) is 13.2 Å². The minimum absolute atomic E-state index is 0.0322. The summed E-state index contributed by atoms with van der Waals surface area (Å²) in [6.07, 6.45) is 4.86. The predicted octanol–water partition coefficient (Wildman–Crippen LogP) is 5.65. The Bertz CT molecular complexity index is 1230. The Hall–Kier alpha value is -3.98. The molecule has 3 rings (SSSR count). The summed E-state index contributed by atoms with van der Waals surface area (Å²) in [5, 5.41) is 2.65. The van der Waals surface area contributed by atoms with Crippen LogP contribution in [0.3, 0.4) is 0 Å². The van der Waals surface area contributed by atoms with E-state index in [9.17, 15) is 9.59 Å². The van der Waals surface area contributed by atoms with Gasteiger partial charge in [-0.25, -0.2) is 0 Å². The van der Waals surface area contributed by atoms with Crippen LogP contribution in [-0.2, 0) is 22.7 Å². The van der Waals surface area contributed by atoms with Gasteiger partial charge in [-0.2, -0.15) is 9.97 Å². The van der Waals surface area contributed by atoms with Crippen molar-refractivity contribution < 1.29 is 14.3 Å². The van der Waals surface area contributed by atoms with Crippen molar-refractivity contribution in [2.45, 2.75) is 66.5 Å². The Kier molecular flexibility index (Phi) is 11.9. The van der Waals surface area contributed by atoms with Crippen molar-refractivity contribution in [3.8, 4) is 17.1 Å². The van der Waals surface area contributed by atoms with Gasteiger partial charge in [0, 0.05) is 13.5 Å². The number of nitrogen functional groups attached to an aromatic ring is 1. The molecule has 0 radical (unpaired) electrons. The van der Waals surface area contributed by atoms with Crippen molar-refractivity contribution in [2.24, 2.45) is 0 Å². The minimum atomic E-state index is -0.346. The van der Waals surface area contributed by atoms with Crippen LogP contribution in [0.15, 0.2) is 48.5 Å². The van der Waals surface area contributed by atoms with Crippen molar-refractivity contribution in [3.05, 3.63) is 59.7 Å². The SMILES string of the molecule is CCCCOc1nc(N)c(NC(C)=O)c(N(C=O)Cc2ccc(-c3ccc(CN(CC)CCCC)cc3)cc2)n1. The molecular weight excluding hydrogens is 504 g/mol. The third-order valence-corrected chi connectivity index (χ3v) is 6.60. The molecular formula is C31H42N6O3. The first-order valence-corrected chi connectivity index (χ1v) is 14.1. The number of ether oxygens (including phenoxy) is 1. The topological polar surface area (TPSA) is 114 Å². The van der Waals surface area contributed by atoms with E-state index in [1.807, 2.05) is 31.2 Å². The van der Waals surface area contributed by atoms with Crippen LogP contribution in [0.1, 0.15) is 64.5 Å². The molecule has 0 aliphatic rings. The molecule has 9 nitrogen and oxygen atoms in total. The highest BCUT2D eigenvalue weighted by Crippen LogP contribution is 2.31. The Labute approximate surface area is 237 Å². The number of hydrogen-bond acceptors (Lipinski definition) is 7. The molecule has 1 heterocycles. The Morgan fingerprint density at radius 1 is 0.925 bits per heavy atom. The summed E-state index contributed by atoms with van der Waals surface area (Å²) in [7, 11) is 0. The van der Waals surface area contributed by atoms with E-state index >= 15 is 0 Å². The van der Waals surface area contributed by atoms with Gasteiger partial charge in [0.15, 0.2) is 11.6 Å². The van der Waals surface area contributed by atoms with Crippen LogP contribution in [0.25, 0.3) is 11.1 Å². The van der Waals surface area contributed by atoms with Crippen LogP contribution in [0.2, 0.25) is 0 Å². The second-order valence-electron chi connectivity index (χ2n) is 9.82. The molecule has 3 aromatic rings. The lowest BCUT2D eigenvalue weighted by molar-refractivity contribution is -0.114. The molecule has 0 atom stereocenters. The van der Waals surface area contributed by atoms with E-state index in [2.05, 4.69) is 58.3 Å². The third-order valence-electron chi connectivity index (χ3n) is 6.60. The number of anilines is 3. The van der Waals surface area contributed by atoms with E-state index in [4.69, 9.17) is 10.5 Å². The average molecular weight is 547 g/mol. The molecule has 0 saturated heterocycles. The quantitative estimate of drug-likeness (QED) is 0.176. The molecule has 0 aliphatic heterocycles. The Morgan fingerprint density at radius 2 is 1.52 bits per heavy atom. The highest BCUT2D eigenvalue weighted by atomic mass is 16.5. The van der Waals surface area contributed by atoms with Gasteiger partial charge in [-0.1, -0.05) is 82.1 Å². The van der Waals surface area contributed by atoms with Crippen LogP contribution < -0.4 is 20.7 Å². The van der Waals surface area contributed by atoms with Gasteiger partial charge in [-0.3, -0.25) is 19.4 Å². The van der Waals surface area contributed by atoms with Crippen LogP contribution >= 0.6 is 0 Å². The summed E-state index contributed by atoms with van der Waals surface area (Å²) >= 11 is 0. The lowest BCUT2D eigenvalue weighted by Gasteiger charge is -2.21. The zero-order valence-corrected chi connectivity index (χ0v) is 24.2. The molecule has 0 aliphatic carbocycles. The zero-order chi connectivity index (χ0) is 28.9. The average Bonchev–Trinajstić information content (AvgIpc) is 2.96. The van der Waals surface area contributed by atoms with Crippen LogP contribution in [-0.4, -0.2) is 46.9 Å². The second kappa shape index (κ2) is 15.6. The maximum Gasteiger partial charge on any atom is 0.320 e. The first-order valence-electron chi connectivity index (χ1n) is 14.1. The number of amides is 2. The van der Waals surface area contributed by atoms with Crippen molar-refractivity contribution in [3.63, 3.8) is 0 Å². The predicted molar refractivity (Wildman–Crippen MR) is 161 cm³/mol. The van der Waals surface area contributed by atoms with E-state index in [0.717, 1.165) is 49.2 Å². The minimum Gasteiger partial charge on any atom is -0.463 e. The molecule has 0 saturated carbocycles. The summed E-state index contributed by atoms with van der Waals surface area (Å²) in [5.41, 5.74) is 10.7. The molecule has 40 heavy (non-hydrogen) atoms. The van der Waals surface area contributed by atoms with E-state index in [1.165, 1.54) is 30.2 Å². The molecule has 1 aromatic heterocycles. The highest BCUT2D eigenvalue weighted by molar-refractivity contribution is 5.97. The van der Waals surface area contributed by atoms with Gasteiger partial charge < -0.3 is 15.8 Å². The number of carbonyl (C=O) groups excluding carboxylic acids is 2. The number of carbonyl (C=O) groups is 2. The number of rotatable bonds is 16. The number of benzene rings is 2. The summed E-state index contributed by atoms with van der Waals surface area (Å²) in [5.74, 6) is -0.130. The van der Waals surface area contributed by atoms with Crippen LogP contribution in [0.5, 0.6) is 6.01 Å². The van der Waals surface area contributed by atoms with Crippen molar-refractivity contribution in [1.29, 1.82) is 0 Å². The fourth-order valence-electron chi connectivity index (χ4n) is 4.27. The molecule has 0 bridgehead atoms. The molecule has 0 spiro atoms. The molecule has 9 heteroatoms. The third kappa shape index (κ3) is 8.77. The number of nitrogens with zero attached hydrogens (tertiary/aromatic N) is 4. The van der Waals surface area contributed by atoms with E-state index in [-0.39, 0.29) is 35.8 Å². The maximum atomic E-state index is 12.2. The Morgan fingerprint density at radius 3 is 2.05 bits per heavy atom. The number of aromatic nitrogens is 2. The molecule has 0 unspecified atom stereocenters. The summed E-state index contributed by atoms with van der Waals surface area (Å²) < 4.78 is 5.63. The molecule has 2 aromatic carbocycles. The first kappa shape index (κ1) is 30.6. The van der Waals surface area contributed by atoms with E-state index in [1.54, 1.807) is 0 Å². The van der Waals surface area contributed by atoms with E-state index in [0.29, 0.717) is 13.0 Å². The smallest absolute Gasteiger partial charge is 0.320 e. The monoisotopic (exact) mass is 546 g/mol. The lowest BCUT2D eigenvalue weighted by Crippen LogP contribution is -2.25. The first-order chi connectivity index (χ1) is 19.4. The Balaban J connectivity index is 1.76. The zero-order valence-electron chi connectivity index (χ0n) is 24.2. The summed E-state index contributed by atoms with van der Waals surface area (Å²) in [4.78, 5) is 36.4. The molecule has 214 valence electrons. The number of hydrogen-bond donors (Lipinski definition) is 2. The van der Waals surface area contributed by atoms with Gasteiger partial charge in [0.2, 0.25) is 12.3 Å². The van der Waals surface area contributed by atoms with Crippen molar-refractivity contribution >= 4 is 29.6 Å². The van der Waals surface area contributed by atoms with Crippen LogP contribution in [0.4, 0.5) is 17.3 Å². The second-order valence-corrected chi connectivity index (χ2v) is 9.82.